The lowest BCUT2D eigenvalue weighted by atomic mass is 10.2. The van der Waals surface area contributed by atoms with Crippen molar-refractivity contribution in [2.24, 2.45) is 0 Å². The second kappa shape index (κ2) is 5.18. The number of aromatic nitrogens is 1. The molecule has 0 atom stereocenters. The number of carboxylic acids is 1. The van der Waals surface area contributed by atoms with Crippen LogP contribution in [0.25, 0.3) is 0 Å². The van der Waals surface area contributed by atoms with Gasteiger partial charge in [-0.25, -0.2) is 9.78 Å². The lowest BCUT2D eigenvalue weighted by molar-refractivity contribution is 0.0690. The molecule has 0 aliphatic heterocycles. The molecule has 0 unspecified atom stereocenters. The number of nitrogens with one attached hydrogen (secondary N) is 1. The lowest BCUT2D eigenvalue weighted by Crippen LogP contribution is -2.00. The van der Waals surface area contributed by atoms with Gasteiger partial charge >= 0.3 is 5.97 Å². The average Bonchev–Trinajstić information content (AvgIpc) is 2.36. The van der Waals surface area contributed by atoms with Gasteiger partial charge < -0.3 is 10.4 Å². The Bertz CT molecular complexity index is 582. The van der Waals surface area contributed by atoms with Gasteiger partial charge in [0.2, 0.25) is 0 Å². The third kappa shape index (κ3) is 2.68. The molecule has 0 amide bonds. The molecular formula is C13H11BrN2O2. The Morgan fingerprint density at radius 3 is 2.72 bits per heavy atom. The van der Waals surface area contributed by atoms with Gasteiger partial charge in [-0.1, -0.05) is 22.0 Å². The second-order valence-electron chi connectivity index (χ2n) is 3.77. The largest absolute Gasteiger partial charge is 0.477 e. The third-order valence-electron chi connectivity index (χ3n) is 2.53. The Hall–Kier alpha value is -1.88. The van der Waals surface area contributed by atoms with Crippen LogP contribution in [0.5, 0.6) is 0 Å². The number of carbonyl (C=O) groups is 1. The van der Waals surface area contributed by atoms with Crippen molar-refractivity contribution in [3.8, 4) is 0 Å². The van der Waals surface area contributed by atoms with E-state index in [0.717, 1.165) is 21.4 Å². The number of pyridine rings is 1. The zero-order chi connectivity index (χ0) is 13.1. The summed E-state index contributed by atoms with van der Waals surface area (Å²) in [5, 5.41) is 12.0. The number of carboxylic acid groups (broad SMARTS) is 1. The highest BCUT2D eigenvalue weighted by atomic mass is 79.9. The number of halogens is 1. The number of nitrogens with zero attached hydrogens (tertiary/aromatic N) is 1. The molecule has 2 aromatic rings. The highest BCUT2D eigenvalue weighted by Gasteiger charge is 2.05. The van der Waals surface area contributed by atoms with Gasteiger partial charge in [0.1, 0.15) is 5.69 Å². The summed E-state index contributed by atoms with van der Waals surface area (Å²) in [7, 11) is 0. The van der Waals surface area contributed by atoms with Crippen LogP contribution in [0.15, 0.2) is 41.0 Å². The van der Waals surface area contributed by atoms with Crippen molar-refractivity contribution in [3.63, 3.8) is 0 Å². The summed E-state index contributed by atoms with van der Waals surface area (Å²) in [6.45, 7) is 1.99. The molecule has 1 aromatic carbocycles. The molecule has 4 nitrogen and oxygen atoms in total. The predicted octanol–water partition coefficient (Wildman–Crippen LogP) is 3.59. The van der Waals surface area contributed by atoms with Crippen LogP contribution in [0.2, 0.25) is 0 Å². The van der Waals surface area contributed by atoms with Gasteiger partial charge in [0.25, 0.3) is 0 Å². The minimum atomic E-state index is -1.03. The van der Waals surface area contributed by atoms with E-state index in [1.54, 1.807) is 6.07 Å². The molecule has 1 aromatic heterocycles. The first-order valence-corrected chi connectivity index (χ1v) is 6.08. The molecule has 0 bridgehead atoms. The molecule has 2 N–H and O–H groups in total. The van der Waals surface area contributed by atoms with Crippen molar-refractivity contribution in [2.45, 2.75) is 6.92 Å². The highest BCUT2D eigenvalue weighted by Crippen LogP contribution is 2.26. The van der Waals surface area contributed by atoms with Gasteiger partial charge in [-0.05, 0) is 36.8 Å². The molecule has 0 saturated carbocycles. The van der Waals surface area contributed by atoms with E-state index in [4.69, 9.17) is 5.11 Å². The molecular weight excluding hydrogens is 296 g/mol. The van der Waals surface area contributed by atoms with Crippen molar-refractivity contribution in [2.75, 3.05) is 5.32 Å². The van der Waals surface area contributed by atoms with Crippen LogP contribution < -0.4 is 5.32 Å². The molecule has 0 aliphatic carbocycles. The van der Waals surface area contributed by atoms with E-state index in [1.165, 1.54) is 12.3 Å². The summed E-state index contributed by atoms with van der Waals surface area (Å²) in [5.41, 5.74) is 2.82. The fourth-order valence-electron chi connectivity index (χ4n) is 1.49. The Morgan fingerprint density at radius 1 is 1.33 bits per heavy atom. The molecule has 2 rings (SSSR count). The van der Waals surface area contributed by atoms with Crippen LogP contribution in [0.4, 0.5) is 11.4 Å². The summed E-state index contributed by atoms with van der Waals surface area (Å²) in [5.74, 6) is -1.03. The summed E-state index contributed by atoms with van der Waals surface area (Å²) >= 11 is 3.46. The van der Waals surface area contributed by atoms with E-state index < -0.39 is 5.97 Å². The van der Waals surface area contributed by atoms with E-state index in [1.807, 2.05) is 25.1 Å². The molecule has 5 heteroatoms. The molecule has 18 heavy (non-hydrogen) atoms. The predicted molar refractivity (Wildman–Crippen MR) is 73.4 cm³/mol. The summed E-state index contributed by atoms with van der Waals surface area (Å²) in [6, 6.07) is 9.00. The number of aromatic carboxylic acids is 1. The molecule has 92 valence electrons. The molecule has 0 radical (unpaired) electrons. The zero-order valence-corrected chi connectivity index (χ0v) is 11.2. The first-order chi connectivity index (χ1) is 8.58. The molecule has 0 aliphatic rings. The zero-order valence-electron chi connectivity index (χ0n) is 9.64. The Kier molecular flexibility index (Phi) is 3.62. The second-order valence-corrected chi connectivity index (χ2v) is 4.63. The standard InChI is InChI=1S/C13H11BrN2O2/c1-8-10(14)3-2-4-11(8)16-9-5-6-12(13(17)18)15-7-9/h2-7,16H,1H3,(H,17,18). The van der Waals surface area contributed by atoms with Crippen LogP contribution in [0.1, 0.15) is 16.1 Å². The van der Waals surface area contributed by atoms with Gasteiger partial charge in [0, 0.05) is 10.2 Å². The quantitative estimate of drug-likeness (QED) is 0.909. The number of hydrogen-bond acceptors (Lipinski definition) is 3. The van der Waals surface area contributed by atoms with Crippen molar-refractivity contribution < 1.29 is 9.90 Å². The van der Waals surface area contributed by atoms with Crippen LogP contribution >= 0.6 is 15.9 Å². The molecule has 1 heterocycles. The third-order valence-corrected chi connectivity index (χ3v) is 3.39. The van der Waals surface area contributed by atoms with E-state index in [0.29, 0.717) is 0 Å². The lowest BCUT2D eigenvalue weighted by Gasteiger charge is -2.10. The maximum Gasteiger partial charge on any atom is 0.354 e. The van der Waals surface area contributed by atoms with Crippen molar-refractivity contribution in [1.29, 1.82) is 0 Å². The maximum atomic E-state index is 10.7. The summed E-state index contributed by atoms with van der Waals surface area (Å²) in [4.78, 5) is 14.5. The number of hydrogen-bond donors (Lipinski definition) is 2. The monoisotopic (exact) mass is 306 g/mol. The van der Waals surface area contributed by atoms with E-state index in [9.17, 15) is 4.79 Å². The number of benzene rings is 1. The smallest absolute Gasteiger partial charge is 0.354 e. The molecule has 0 fully saturated rings. The van der Waals surface area contributed by atoms with Crippen LogP contribution in [0.3, 0.4) is 0 Å². The number of rotatable bonds is 3. The van der Waals surface area contributed by atoms with Crippen molar-refractivity contribution >= 4 is 33.3 Å². The minimum absolute atomic E-state index is 0.0338. The summed E-state index contributed by atoms with van der Waals surface area (Å²) < 4.78 is 1.02. The maximum absolute atomic E-state index is 10.7. The van der Waals surface area contributed by atoms with Gasteiger partial charge in [-0.15, -0.1) is 0 Å². The van der Waals surface area contributed by atoms with Gasteiger partial charge in [0.15, 0.2) is 0 Å². The van der Waals surface area contributed by atoms with Crippen LogP contribution in [-0.4, -0.2) is 16.1 Å². The number of anilines is 2. The van der Waals surface area contributed by atoms with Crippen molar-refractivity contribution in [3.05, 3.63) is 52.3 Å². The fourth-order valence-corrected chi connectivity index (χ4v) is 1.86. The van der Waals surface area contributed by atoms with Gasteiger partial charge in [-0.3, -0.25) is 0 Å². The molecule has 0 spiro atoms. The van der Waals surface area contributed by atoms with Crippen LogP contribution in [0, 0.1) is 6.92 Å². The minimum Gasteiger partial charge on any atom is -0.477 e. The van der Waals surface area contributed by atoms with E-state index in [2.05, 4.69) is 26.2 Å². The first kappa shape index (κ1) is 12.6. The normalized spacial score (nSPS) is 10.1. The summed E-state index contributed by atoms with van der Waals surface area (Å²) in [6.07, 6.45) is 1.50. The Morgan fingerprint density at radius 2 is 2.11 bits per heavy atom. The Labute approximate surface area is 113 Å². The van der Waals surface area contributed by atoms with E-state index in [-0.39, 0.29) is 5.69 Å². The molecule has 0 saturated heterocycles. The Balaban J connectivity index is 2.24. The topological polar surface area (TPSA) is 62.2 Å². The first-order valence-electron chi connectivity index (χ1n) is 5.29. The SMILES string of the molecule is Cc1c(Br)cccc1Nc1ccc(C(=O)O)nc1. The van der Waals surface area contributed by atoms with Gasteiger partial charge in [-0.2, -0.15) is 0 Å². The van der Waals surface area contributed by atoms with Gasteiger partial charge in [0.05, 0.1) is 11.9 Å². The van der Waals surface area contributed by atoms with E-state index >= 15 is 0 Å². The highest BCUT2D eigenvalue weighted by molar-refractivity contribution is 9.10. The van der Waals surface area contributed by atoms with Crippen molar-refractivity contribution in [1.82, 2.24) is 4.98 Å². The fraction of sp³-hybridized carbons (Fsp3) is 0.0769. The van der Waals surface area contributed by atoms with Crippen LogP contribution in [-0.2, 0) is 0 Å². The average molecular weight is 307 g/mol.